The summed E-state index contributed by atoms with van der Waals surface area (Å²) >= 11 is 0. The standard InChI is InChI=1S/C24H24N2O3S/c1-17-12-13-23(29-2)24(14-17)30(27,28)26-16-20(18-8-4-3-5-9-18)21-15-25-22-11-7-6-10-19(21)22/h3-15,20,25-26H,16H2,1-2H3/t20-/m1/s1. The second-order valence-corrected chi connectivity index (χ2v) is 8.99. The highest BCUT2D eigenvalue weighted by molar-refractivity contribution is 7.89. The Hall–Kier alpha value is -3.09. The fraction of sp³-hybridized carbons (Fsp3) is 0.167. The van der Waals surface area contributed by atoms with E-state index in [4.69, 9.17) is 4.74 Å². The van der Waals surface area contributed by atoms with Gasteiger partial charge in [-0.1, -0.05) is 54.6 Å². The summed E-state index contributed by atoms with van der Waals surface area (Å²) in [5.74, 6) is 0.185. The summed E-state index contributed by atoms with van der Waals surface area (Å²) in [4.78, 5) is 3.44. The van der Waals surface area contributed by atoms with Crippen LogP contribution >= 0.6 is 0 Å². The minimum atomic E-state index is -3.76. The van der Waals surface area contributed by atoms with Gasteiger partial charge in [0.25, 0.3) is 0 Å². The number of nitrogens with one attached hydrogen (secondary N) is 2. The minimum absolute atomic E-state index is 0.145. The Bertz CT molecular complexity index is 1260. The number of hydrogen-bond donors (Lipinski definition) is 2. The highest BCUT2D eigenvalue weighted by Gasteiger charge is 2.24. The van der Waals surface area contributed by atoms with Gasteiger partial charge in [0, 0.05) is 29.6 Å². The molecule has 0 aliphatic rings. The lowest BCUT2D eigenvalue weighted by Gasteiger charge is -2.19. The summed E-state index contributed by atoms with van der Waals surface area (Å²) in [6.45, 7) is 2.09. The largest absolute Gasteiger partial charge is 0.495 e. The van der Waals surface area contributed by atoms with E-state index in [0.29, 0.717) is 5.75 Å². The number of fused-ring (bicyclic) bond motifs is 1. The third-order valence-electron chi connectivity index (χ3n) is 5.28. The first-order chi connectivity index (χ1) is 14.5. The van der Waals surface area contributed by atoms with E-state index >= 15 is 0 Å². The number of sulfonamides is 1. The van der Waals surface area contributed by atoms with E-state index < -0.39 is 10.0 Å². The van der Waals surface area contributed by atoms with Crippen LogP contribution in [0.4, 0.5) is 0 Å². The molecule has 0 radical (unpaired) electrons. The average molecular weight is 421 g/mol. The van der Waals surface area contributed by atoms with Crippen LogP contribution in [0, 0.1) is 6.92 Å². The molecule has 0 unspecified atom stereocenters. The number of aromatic nitrogens is 1. The van der Waals surface area contributed by atoms with Gasteiger partial charge in [0.2, 0.25) is 10.0 Å². The van der Waals surface area contributed by atoms with Crippen molar-refractivity contribution in [1.82, 2.24) is 9.71 Å². The third kappa shape index (κ3) is 3.97. The second-order valence-electron chi connectivity index (χ2n) is 7.26. The Balaban J connectivity index is 1.71. The quantitative estimate of drug-likeness (QED) is 0.459. The third-order valence-corrected chi connectivity index (χ3v) is 6.73. The Kier molecular flexibility index (Phi) is 5.61. The van der Waals surface area contributed by atoms with Crippen LogP contribution in [0.5, 0.6) is 5.75 Å². The van der Waals surface area contributed by atoms with Crippen molar-refractivity contribution in [3.8, 4) is 5.75 Å². The van der Waals surface area contributed by atoms with Crippen molar-refractivity contribution in [3.63, 3.8) is 0 Å². The molecule has 1 heterocycles. The smallest absolute Gasteiger partial charge is 0.244 e. The number of aromatic amines is 1. The molecule has 4 aromatic rings. The lowest BCUT2D eigenvalue weighted by Crippen LogP contribution is -2.29. The maximum atomic E-state index is 13.1. The zero-order chi connectivity index (χ0) is 21.1. The van der Waals surface area contributed by atoms with Crippen LogP contribution in [0.1, 0.15) is 22.6 Å². The number of benzene rings is 3. The maximum absolute atomic E-state index is 13.1. The molecule has 0 aliphatic carbocycles. The molecule has 1 atom stereocenters. The molecule has 154 valence electrons. The molecule has 4 rings (SSSR count). The molecule has 1 aromatic heterocycles. The van der Waals surface area contributed by atoms with Gasteiger partial charge in [0.05, 0.1) is 7.11 Å². The summed E-state index contributed by atoms with van der Waals surface area (Å²) in [5, 5.41) is 1.08. The number of hydrogen-bond acceptors (Lipinski definition) is 3. The average Bonchev–Trinajstić information content (AvgIpc) is 3.19. The molecule has 0 bridgehead atoms. The lowest BCUT2D eigenvalue weighted by molar-refractivity contribution is 0.402. The molecular weight excluding hydrogens is 396 g/mol. The molecule has 0 fully saturated rings. The van der Waals surface area contributed by atoms with E-state index in [1.165, 1.54) is 7.11 Å². The Labute approximate surface area is 176 Å². The van der Waals surface area contributed by atoms with E-state index in [2.05, 4.69) is 15.8 Å². The summed E-state index contributed by atoms with van der Waals surface area (Å²) in [7, 11) is -2.28. The van der Waals surface area contributed by atoms with Gasteiger partial charge in [0.15, 0.2) is 0 Å². The summed E-state index contributed by atoms with van der Waals surface area (Å²) in [6, 6.07) is 23.1. The van der Waals surface area contributed by atoms with Crippen molar-refractivity contribution in [2.24, 2.45) is 0 Å². The molecule has 30 heavy (non-hydrogen) atoms. The zero-order valence-electron chi connectivity index (χ0n) is 16.9. The molecule has 0 aliphatic heterocycles. The summed E-state index contributed by atoms with van der Waals surface area (Å²) in [5.41, 5.74) is 3.97. The van der Waals surface area contributed by atoms with Crippen LogP contribution in [-0.4, -0.2) is 27.1 Å². The van der Waals surface area contributed by atoms with E-state index in [1.54, 1.807) is 12.1 Å². The number of H-pyrrole nitrogens is 1. The summed E-state index contributed by atoms with van der Waals surface area (Å²) < 4.78 is 34.4. The van der Waals surface area contributed by atoms with Crippen molar-refractivity contribution < 1.29 is 13.2 Å². The topological polar surface area (TPSA) is 71.2 Å². The molecule has 0 spiro atoms. The van der Waals surface area contributed by atoms with Crippen LogP contribution in [0.2, 0.25) is 0 Å². The highest BCUT2D eigenvalue weighted by Crippen LogP contribution is 2.31. The summed E-state index contributed by atoms with van der Waals surface area (Å²) in [6.07, 6.45) is 1.96. The van der Waals surface area contributed by atoms with Crippen molar-refractivity contribution in [2.45, 2.75) is 17.7 Å². The number of ether oxygens (including phenoxy) is 1. The van der Waals surface area contributed by atoms with Crippen LogP contribution in [0.3, 0.4) is 0 Å². The molecule has 0 amide bonds. The normalized spacial score (nSPS) is 12.7. The Morgan fingerprint density at radius 3 is 2.50 bits per heavy atom. The van der Waals surface area contributed by atoms with Gasteiger partial charge in [-0.05, 0) is 41.8 Å². The van der Waals surface area contributed by atoms with Crippen molar-refractivity contribution in [1.29, 1.82) is 0 Å². The van der Waals surface area contributed by atoms with E-state index in [1.807, 2.05) is 67.7 Å². The highest BCUT2D eigenvalue weighted by atomic mass is 32.2. The van der Waals surface area contributed by atoms with Crippen LogP contribution < -0.4 is 9.46 Å². The van der Waals surface area contributed by atoms with Gasteiger partial charge < -0.3 is 9.72 Å². The SMILES string of the molecule is COc1ccc(C)cc1S(=O)(=O)NC[C@H](c1ccccc1)c1c[nH]c2ccccc12. The number of aryl methyl sites for hydroxylation is 1. The van der Waals surface area contributed by atoms with Gasteiger partial charge in [-0.15, -0.1) is 0 Å². The molecule has 0 saturated heterocycles. The fourth-order valence-electron chi connectivity index (χ4n) is 3.74. The van der Waals surface area contributed by atoms with Crippen molar-refractivity contribution >= 4 is 20.9 Å². The number of methoxy groups -OCH3 is 1. The Morgan fingerprint density at radius 1 is 1.00 bits per heavy atom. The van der Waals surface area contributed by atoms with Crippen LogP contribution in [-0.2, 0) is 10.0 Å². The van der Waals surface area contributed by atoms with Gasteiger partial charge >= 0.3 is 0 Å². The predicted octanol–water partition coefficient (Wildman–Crippen LogP) is 4.60. The van der Waals surface area contributed by atoms with Crippen molar-refractivity contribution in [3.05, 3.63) is 95.7 Å². The van der Waals surface area contributed by atoms with Gasteiger partial charge in [-0.3, -0.25) is 0 Å². The number of para-hydroxylation sites is 1. The molecule has 6 heteroatoms. The second kappa shape index (κ2) is 8.34. The molecule has 0 saturated carbocycles. The van der Waals surface area contributed by atoms with Crippen LogP contribution in [0.25, 0.3) is 10.9 Å². The van der Waals surface area contributed by atoms with Gasteiger partial charge in [0.1, 0.15) is 10.6 Å². The zero-order valence-corrected chi connectivity index (χ0v) is 17.7. The first-order valence-corrected chi connectivity index (χ1v) is 11.2. The van der Waals surface area contributed by atoms with E-state index in [-0.39, 0.29) is 17.4 Å². The first-order valence-electron chi connectivity index (χ1n) is 9.75. The minimum Gasteiger partial charge on any atom is -0.495 e. The Morgan fingerprint density at radius 2 is 1.73 bits per heavy atom. The molecule has 5 nitrogen and oxygen atoms in total. The lowest BCUT2D eigenvalue weighted by atomic mass is 9.91. The molecule has 3 aromatic carbocycles. The molecular formula is C24H24N2O3S. The first kappa shape index (κ1) is 20.2. The van der Waals surface area contributed by atoms with Crippen molar-refractivity contribution in [2.75, 3.05) is 13.7 Å². The van der Waals surface area contributed by atoms with Crippen LogP contribution in [0.15, 0.2) is 83.9 Å². The van der Waals surface area contributed by atoms with E-state index in [0.717, 1.165) is 27.6 Å². The monoisotopic (exact) mass is 420 g/mol. The van der Waals surface area contributed by atoms with Gasteiger partial charge in [-0.2, -0.15) is 0 Å². The van der Waals surface area contributed by atoms with Gasteiger partial charge in [-0.25, -0.2) is 13.1 Å². The number of rotatable bonds is 7. The maximum Gasteiger partial charge on any atom is 0.244 e. The van der Waals surface area contributed by atoms with E-state index in [9.17, 15) is 8.42 Å². The molecule has 2 N–H and O–H groups in total. The fourth-order valence-corrected chi connectivity index (χ4v) is 5.04. The predicted molar refractivity (Wildman–Crippen MR) is 120 cm³/mol.